The predicted octanol–water partition coefficient (Wildman–Crippen LogP) is 1.52. The first-order valence-corrected chi connectivity index (χ1v) is 6.73. The third-order valence-electron chi connectivity index (χ3n) is 3.75. The first-order valence-electron chi connectivity index (χ1n) is 6.73. The average molecular weight is 283 g/mol. The molecule has 1 aromatic carbocycles. The molecule has 0 spiro atoms. The van der Waals surface area contributed by atoms with Crippen molar-refractivity contribution in [2.75, 3.05) is 14.1 Å². The van der Waals surface area contributed by atoms with Crippen LogP contribution in [0, 0.1) is 6.92 Å². The largest absolute Gasteiger partial charge is 0.362 e. The molecule has 0 saturated heterocycles. The minimum absolute atomic E-state index is 0.223. The molecule has 2 heterocycles. The van der Waals surface area contributed by atoms with Crippen molar-refractivity contribution in [3.05, 3.63) is 65.0 Å². The highest BCUT2D eigenvalue weighted by Crippen LogP contribution is 2.42. The van der Waals surface area contributed by atoms with E-state index in [1.807, 2.05) is 19.1 Å². The van der Waals surface area contributed by atoms with Gasteiger partial charge in [0.15, 0.2) is 0 Å². The second-order valence-electron chi connectivity index (χ2n) is 5.37. The molecule has 2 aromatic rings. The topological polar surface area (TPSA) is 56.7 Å². The average Bonchev–Trinajstić information content (AvgIpc) is 2.70. The third kappa shape index (κ3) is 1.86. The molecule has 108 valence electrons. The smallest absolute Gasteiger partial charge is 0.271 e. The zero-order valence-corrected chi connectivity index (χ0v) is 12.2. The number of benzene rings is 1. The van der Waals surface area contributed by atoms with Crippen LogP contribution in [0.4, 0.5) is 0 Å². The summed E-state index contributed by atoms with van der Waals surface area (Å²) < 4.78 is 0. The number of carbonyl (C=O) groups is 1. The van der Waals surface area contributed by atoms with Crippen LogP contribution in [-0.4, -0.2) is 40.1 Å². The fourth-order valence-corrected chi connectivity index (χ4v) is 2.77. The van der Waals surface area contributed by atoms with Crippen molar-refractivity contribution in [1.82, 2.24) is 15.0 Å². The molecule has 1 atom stereocenters. The molecule has 3 rings (SSSR count). The van der Waals surface area contributed by atoms with Gasteiger partial charge in [0.25, 0.3) is 5.91 Å². The molecule has 5 heteroatoms. The highest BCUT2D eigenvalue weighted by atomic mass is 16.3. The van der Waals surface area contributed by atoms with Gasteiger partial charge in [0, 0.05) is 42.7 Å². The van der Waals surface area contributed by atoms with Crippen LogP contribution in [-0.2, 0) is 5.72 Å². The Balaban J connectivity index is 2.26. The monoisotopic (exact) mass is 283 g/mol. The molecule has 5 nitrogen and oxygen atoms in total. The van der Waals surface area contributed by atoms with E-state index in [2.05, 4.69) is 4.98 Å². The Bertz CT molecular complexity index is 697. The lowest BCUT2D eigenvalue weighted by atomic mass is 9.95. The lowest BCUT2D eigenvalue weighted by molar-refractivity contribution is -0.136. The maximum atomic E-state index is 12.6. The Morgan fingerprint density at radius 1 is 1.19 bits per heavy atom. The van der Waals surface area contributed by atoms with Gasteiger partial charge in [-0.1, -0.05) is 24.3 Å². The van der Waals surface area contributed by atoms with E-state index in [0.29, 0.717) is 16.7 Å². The van der Waals surface area contributed by atoms with Crippen LogP contribution in [0.5, 0.6) is 0 Å². The Morgan fingerprint density at radius 2 is 1.90 bits per heavy atom. The SMILES string of the molecule is Cc1ccc(C2(O)c3ccccc3C(=O)N2N(C)C)cn1. The van der Waals surface area contributed by atoms with Gasteiger partial charge in [0.05, 0.1) is 0 Å². The molecule has 1 amide bonds. The molecule has 21 heavy (non-hydrogen) atoms. The number of amides is 1. The van der Waals surface area contributed by atoms with Gasteiger partial charge in [0.1, 0.15) is 0 Å². The van der Waals surface area contributed by atoms with Crippen LogP contribution < -0.4 is 0 Å². The van der Waals surface area contributed by atoms with Crippen LogP contribution in [0.1, 0.15) is 27.2 Å². The van der Waals surface area contributed by atoms with Crippen LogP contribution in [0.2, 0.25) is 0 Å². The van der Waals surface area contributed by atoms with Crippen molar-refractivity contribution in [3.8, 4) is 0 Å². The van der Waals surface area contributed by atoms with Gasteiger partial charge >= 0.3 is 0 Å². The third-order valence-corrected chi connectivity index (χ3v) is 3.75. The molecule has 1 aliphatic rings. The number of pyridine rings is 1. The molecule has 1 unspecified atom stereocenters. The van der Waals surface area contributed by atoms with Crippen molar-refractivity contribution in [3.63, 3.8) is 0 Å². The van der Waals surface area contributed by atoms with E-state index in [1.165, 1.54) is 5.01 Å². The number of carbonyl (C=O) groups excluding carboxylic acids is 1. The molecule has 1 aromatic heterocycles. The summed E-state index contributed by atoms with van der Waals surface area (Å²) in [4.78, 5) is 16.8. The summed E-state index contributed by atoms with van der Waals surface area (Å²) in [5.41, 5.74) is 0.984. The quantitative estimate of drug-likeness (QED) is 0.908. The van der Waals surface area contributed by atoms with E-state index < -0.39 is 5.72 Å². The molecule has 0 radical (unpaired) electrons. The van der Waals surface area contributed by atoms with Gasteiger partial charge in [-0.05, 0) is 19.1 Å². The fraction of sp³-hybridized carbons (Fsp3) is 0.250. The van der Waals surface area contributed by atoms with E-state index in [4.69, 9.17) is 0 Å². The van der Waals surface area contributed by atoms with Crippen LogP contribution in [0.3, 0.4) is 0 Å². The Labute approximate surface area is 123 Å². The normalized spacial score (nSPS) is 21.0. The van der Waals surface area contributed by atoms with Crippen molar-refractivity contribution in [2.24, 2.45) is 0 Å². The molecule has 1 N–H and O–H groups in total. The van der Waals surface area contributed by atoms with E-state index >= 15 is 0 Å². The second-order valence-corrected chi connectivity index (χ2v) is 5.37. The molecular weight excluding hydrogens is 266 g/mol. The van der Waals surface area contributed by atoms with Crippen molar-refractivity contribution in [2.45, 2.75) is 12.6 Å². The van der Waals surface area contributed by atoms with Gasteiger partial charge in [0.2, 0.25) is 5.72 Å². The summed E-state index contributed by atoms with van der Waals surface area (Å²) in [7, 11) is 3.47. The first-order chi connectivity index (χ1) is 9.96. The minimum Gasteiger partial charge on any atom is -0.362 e. The highest BCUT2D eigenvalue weighted by Gasteiger charge is 2.51. The Kier molecular flexibility index (Phi) is 3.04. The molecule has 0 bridgehead atoms. The Hall–Kier alpha value is -2.24. The lowest BCUT2D eigenvalue weighted by Crippen LogP contribution is -2.51. The summed E-state index contributed by atoms with van der Waals surface area (Å²) >= 11 is 0. The predicted molar refractivity (Wildman–Crippen MR) is 78.3 cm³/mol. The maximum Gasteiger partial charge on any atom is 0.271 e. The summed E-state index contributed by atoms with van der Waals surface area (Å²) in [6.07, 6.45) is 1.61. The van der Waals surface area contributed by atoms with Gasteiger partial charge in [-0.25, -0.2) is 10.0 Å². The highest BCUT2D eigenvalue weighted by molar-refractivity contribution is 6.00. The summed E-state index contributed by atoms with van der Waals surface area (Å²) in [6, 6.07) is 10.7. The molecular formula is C16H17N3O2. The van der Waals surface area contributed by atoms with Crippen LogP contribution in [0.25, 0.3) is 0 Å². The van der Waals surface area contributed by atoms with E-state index in [1.54, 1.807) is 49.6 Å². The fourth-order valence-electron chi connectivity index (χ4n) is 2.77. The summed E-state index contributed by atoms with van der Waals surface area (Å²) in [6.45, 7) is 1.88. The van der Waals surface area contributed by atoms with E-state index in [9.17, 15) is 9.90 Å². The van der Waals surface area contributed by atoms with Crippen molar-refractivity contribution < 1.29 is 9.90 Å². The number of aliphatic hydroxyl groups is 1. The zero-order chi connectivity index (χ0) is 15.2. The van der Waals surface area contributed by atoms with E-state index in [0.717, 1.165) is 5.69 Å². The first kappa shape index (κ1) is 13.7. The number of aromatic nitrogens is 1. The van der Waals surface area contributed by atoms with Gasteiger partial charge in [-0.2, -0.15) is 0 Å². The van der Waals surface area contributed by atoms with Gasteiger partial charge in [-0.15, -0.1) is 0 Å². The standard InChI is InChI=1S/C16H17N3O2/c1-11-8-9-12(10-17-11)16(21)14-7-5-4-6-13(14)15(20)19(16)18(2)3/h4-10,21H,1-3H3. The minimum atomic E-state index is -1.53. The summed E-state index contributed by atoms with van der Waals surface area (Å²) in [5, 5.41) is 14.3. The second kappa shape index (κ2) is 4.65. The van der Waals surface area contributed by atoms with Crippen LogP contribution in [0.15, 0.2) is 42.6 Å². The van der Waals surface area contributed by atoms with Gasteiger partial charge in [-0.3, -0.25) is 9.78 Å². The Morgan fingerprint density at radius 3 is 2.52 bits per heavy atom. The van der Waals surface area contributed by atoms with Crippen molar-refractivity contribution >= 4 is 5.91 Å². The number of nitrogens with zero attached hydrogens (tertiary/aromatic N) is 3. The van der Waals surface area contributed by atoms with Crippen molar-refractivity contribution in [1.29, 1.82) is 0 Å². The number of hydrogen-bond donors (Lipinski definition) is 1. The number of hydrazine groups is 1. The van der Waals surface area contributed by atoms with Gasteiger partial charge < -0.3 is 5.11 Å². The lowest BCUT2D eigenvalue weighted by Gasteiger charge is -2.38. The molecule has 0 saturated carbocycles. The molecule has 0 aliphatic carbocycles. The maximum absolute atomic E-state index is 12.6. The number of hydrogen-bond acceptors (Lipinski definition) is 4. The number of rotatable bonds is 2. The zero-order valence-electron chi connectivity index (χ0n) is 12.2. The van der Waals surface area contributed by atoms with E-state index in [-0.39, 0.29) is 5.91 Å². The van der Waals surface area contributed by atoms with Crippen LogP contribution >= 0.6 is 0 Å². The molecule has 1 aliphatic heterocycles. The number of aryl methyl sites for hydroxylation is 1. The number of fused-ring (bicyclic) bond motifs is 1. The molecule has 0 fully saturated rings. The summed E-state index contributed by atoms with van der Waals surface area (Å²) in [5.74, 6) is -0.223.